The molecule has 0 aliphatic rings. The van der Waals surface area contributed by atoms with Crippen LogP contribution in [0.25, 0.3) is 0 Å². The van der Waals surface area contributed by atoms with Gasteiger partial charge >= 0.3 is 0 Å². The Labute approximate surface area is 133 Å². The molecule has 0 aromatic carbocycles. The Morgan fingerprint density at radius 1 is 0.636 bits per heavy atom. The fourth-order valence-corrected chi connectivity index (χ4v) is 1.02. The lowest BCUT2D eigenvalue weighted by atomic mass is 10.7. The van der Waals surface area contributed by atoms with Gasteiger partial charge in [0.1, 0.15) is 0 Å². The molecule has 0 amide bonds. The molecule has 8 nitrogen and oxygen atoms in total. The SMILES string of the molecule is COC(C)OCCOCCO.COC(C)OCCOCCO. The van der Waals surface area contributed by atoms with Crippen molar-refractivity contribution in [2.24, 2.45) is 0 Å². The molecule has 0 aromatic heterocycles. The zero-order valence-electron chi connectivity index (χ0n) is 14.2. The first-order valence-electron chi connectivity index (χ1n) is 7.28. The summed E-state index contributed by atoms with van der Waals surface area (Å²) >= 11 is 0. The fourth-order valence-electron chi connectivity index (χ4n) is 1.02. The van der Waals surface area contributed by atoms with E-state index in [1.165, 1.54) is 0 Å². The summed E-state index contributed by atoms with van der Waals surface area (Å²) in [6.45, 7) is 6.44. The predicted octanol–water partition coefficient (Wildman–Crippen LogP) is 0.00860. The molecule has 0 spiro atoms. The second kappa shape index (κ2) is 20.7. The van der Waals surface area contributed by atoms with Gasteiger partial charge in [0.25, 0.3) is 0 Å². The van der Waals surface area contributed by atoms with E-state index in [4.69, 9.17) is 38.6 Å². The second-order valence-corrected chi connectivity index (χ2v) is 4.02. The molecule has 0 saturated carbocycles. The molecule has 0 aromatic rings. The number of rotatable bonds is 14. The van der Waals surface area contributed by atoms with E-state index in [0.717, 1.165) is 0 Å². The third-order valence-electron chi connectivity index (χ3n) is 2.30. The molecule has 8 heteroatoms. The van der Waals surface area contributed by atoms with Gasteiger partial charge in [-0.2, -0.15) is 0 Å². The first kappa shape index (κ1) is 23.9. The molecule has 0 aliphatic heterocycles. The van der Waals surface area contributed by atoms with E-state index in [9.17, 15) is 0 Å². The van der Waals surface area contributed by atoms with E-state index in [-0.39, 0.29) is 25.8 Å². The Bertz CT molecular complexity index is 174. The number of aliphatic hydroxyl groups is 2. The van der Waals surface area contributed by atoms with E-state index in [1.54, 1.807) is 14.2 Å². The third-order valence-corrected chi connectivity index (χ3v) is 2.30. The molecule has 0 rings (SSSR count). The van der Waals surface area contributed by atoms with E-state index in [0.29, 0.717) is 39.6 Å². The van der Waals surface area contributed by atoms with Crippen LogP contribution in [-0.4, -0.2) is 89.9 Å². The molecule has 0 radical (unpaired) electrons. The summed E-state index contributed by atoms with van der Waals surface area (Å²) in [6.07, 6.45) is -0.375. The predicted molar refractivity (Wildman–Crippen MR) is 80.7 cm³/mol. The van der Waals surface area contributed by atoms with E-state index < -0.39 is 0 Å². The molecular weight excluding hydrogens is 296 g/mol. The summed E-state index contributed by atoms with van der Waals surface area (Å²) in [6, 6.07) is 0. The lowest BCUT2D eigenvalue weighted by molar-refractivity contribution is -0.122. The van der Waals surface area contributed by atoms with Gasteiger partial charge in [0.15, 0.2) is 12.6 Å². The second-order valence-electron chi connectivity index (χ2n) is 4.02. The Kier molecular flexibility index (Phi) is 22.5. The van der Waals surface area contributed by atoms with E-state index in [2.05, 4.69) is 0 Å². The Morgan fingerprint density at radius 2 is 1.00 bits per heavy atom. The average Bonchev–Trinajstić information content (AvgIpc) is 2.54. The molecule has 0 heterocycles. The summed E-state index contributed by atoms with van der Waals surface area (Å²) in [7, 11) is 3.17. The van der Waals surface area contributed by atoms with Crippen molar-refractivity contribution < 1.29 is 38.6 Å². The third kappa shape index (κ3) is 22.0. The van der Waals surface area contributed by atoms with Crippen molar-refractivity contribution in [2.45, 2.75) is 26.4 Å². The molecule has 0 fully saturated rings. The van der Waals surface area contributed by atoms with Crippen molar-refractivity contribution in [3.63, 3.8) is 0 Å². The zero-order chi connectivity index (χ0) is 17.1. The molecule has 0 saturated heterocycles. The van der Waals surface area contributed by atoms with Crippen LogP contribution in [0, 0.1) is 0 Å². The topological polar surface area (TPSA) is 95.8 Å². The van der Waals surface area contributed by atoms with Crippen LogP contribution in [0.15, 0.2) is 0 Å². The van der Waals surface area contributed by atoms with Gasteiger partial charge < -0.3 is 38.6 Å². The van der Waals surface area contributed by atoms with E-state index in [1.807, 2.05) is 13.8 Å². The number of ether oxygens (including phenoxy) is 6. The monoisotopic (exact) mass is 328 g/mol. The van der Waals surface area contributed by atoms with Crippen molar-refractivity contribution in [2.75, 3.05) is 67.1 Å². The minimum atomic E-state index is -0.187. The average molecular weight is 328 g/mol. The summed E-state index contributed by atoms with van der Waals surface area (Å²) in [5.41, 5.74) is 0. The lowest BCUT2D eigenvalue weighted by Crippen LogP contribution is -2.15. The van der Waals surface area contributed by atoms with Crippen LogP contribution in [0.5, 0.6) is 0 Å². The van der Waals surface area contributed by atoms with Gasteiger partial charge in [-0.15, -0.1) is 0 Å². The van der Waals surface area contributed by atoms with Gasteiger partial charge in [0, 0.05) is 14.2 Å². The van der Waals surface area contributed by atoms with Crippen molar-refractivity contribution >= 4 is 0 Å². The van der Waals surface area contributed by atoms with Crippen LogP contribution in [0.1, 0.15) is 13.8 Å². The highest BCUT2D eigenvalue weighted by molar-refractivity contribution is 4.33. The highest BCUT2D eigenvalue weighted by Gasteiger charge is 1.97. The van der Waals surface area contributed by atoms with Crippen LogP contribution in [0.2, 0.25) is 0 Å². The molecule has 2 N–H and O–H groups in total. The van der Waals surface area contributed by atoms with Crippen molar-refractivity contribution in [3.8, 4) is 0 Å². The van der Waals surface area contributed by atoms with Crippen molar-refractivity contribution in [1.82, 2.24) is 0 Å². The summed E-state index contributed by atoms with van der Waals surface area (Å²) in [4.78, 5) is 0. The Hall–Kier alpha value is -0.320. The first-order valence-corrected chi connectivity index (χ1v) is 7.28. The summed E-state index contributed by atoms with van der Waals surface area (Å²) in [5, 5.41) is 16.7. The Balaban J connectivity index is 0. The zero-order valence-corrected chi connectivity index (χ0v) is 14.2. The van der Waals surface area contributed by atoms with Crippen LogP contribution in [0.3, 0.4) is 0 Å². The van der Waals surface area contributed by atoms with Crippen LogP contribution in [0.4, 0.5) is 0 Å². The standard InChI is InChI=1S/2C7H16O4/c2*1-7(9-2)11-6-5-10-4-3-8/h2*7-8H,3-6H2,1-2H3. The van der Waals surface area contributed by atoms with Crippen LogP contribution < -0.4 is 0 Å². The number of hydrogen-bond donors (Lipinski definition) is 2. The number of methoxy groups -OCH3 is 2. The molecule has 22 heavy (non-hydrogen) atoms. The molecule has 136 valence electrons. The largest absolute Gasteiger partial charge is 0.394 e. The fraction of sp³-hybridized carbons (Fsp3) is 1.00. The van der Waals surface area contributed by atoms with Crippen molar-refractivity contribution in [1.29, 1.82) is 0 Å². The highest BCUT2D eigenvalue weighted by Crippen LogP contribution is 1.90. The maximum Gasteiger partial charge on any atom is 0.154 e. The quantitative estimate of drug-likeness (QED) is 0.340. The van der Waals surface area contributed by atoms with Gasteiger partial charge in [-0.1, -0.05) is 0 Å². The molecule has 0 aliphatic carbocycles. The molecule has 2 unspecified atom stereocenters. The lowest BCUT2D eigenvalue weighted by Gasteiger charge is -2.10. The minimum Gasteiger partial charge on any atom is -0.394 e. The normalized spacial score (nSPS) is 13.4. The smallest absolute Gasteiger partial charge is 0.154 e. The summed E-state index contributed by atoms with van der Waals surface area (Å²) in [5.74, 6) is 0. The van der Waals surface area contributed by atoms with Gasteiger partial charge in [-0.25, -0.2) is 0 Å². The molecular formula is C14H32O8. The maximum atomic E-state index is 8.33. The van der Waals surface area contributed by atoms with Gasteiger partial charge in [-0.05, 0) is 13.8 Å². The number of hydrogen-bond acceptors (Lipinski definition) is 8. The van der Waals surface area contributed by atoms with Crippen LogP contribution >= 0.6 is 0 Å². The summed E-state index contributed by atoms with van der Waals surface area (Å²) < 4.78 is 29.8. The van der Waals surface area contributed by atoms with Crippen molar-refractivity contribution in [3.05, 3.63) is 0 Å². The highest BCUT2D eigenvalue weighted by atomic mass is 16.7. The van der Waals surface area contributed by atoms with E-state index >= 15 is 0 Å². The van der Waals surface area contributed by atoms with Crippen LogP contribution in [-0.2, 0) is 28.4 Å². The minimum absolute atomic E-state index is 0.0554. The first-order chi connectivity index (χ1) is 10.6. The van der Waals surface area contributed by atoms with Gasteiger partial charge in [0.05, 0.1) is 52.9 Å². The number of aliphatic hydroxyl groups excluding tert-OH is 2. The maximum absolute atomic E-state index is 8.33. The van der Waals surface area contributed by atoms with Gasteiger partial charge in [0.2, 0.25) is 0 Å². The van der Waals surface area contributed by atoms with Gasteiger partial charge in [-0.3, -0.25) is 0 Å². The molecule has 0 bridgehead atoms. The Morgan fingerprint density at radius 3 is 1.27 bits per heavy atom. The molecule has 2 atom stereocenters.